The summed E-state index contributed by atoms with van der Waals surface area (Å²) >= 11 is 4.65. The third-order valence-corrected chi connectivity index (χ3v) is 5.63. The maximum Gasteiger partial charge on any atom is 0.338 e. The Morgan fingerprint density at radius 1 is 1.52 bits per heavy atom. The van der Waals surface area contributed by atoms with Crippen molar-refractivity contribution >= 4 is 38.8 Å². The van der Waals surface area contributed by atoms with Gasteiger partial charge in [-0.3, -0.25) is 4.90 Å². The molecular weight excluding hydrogens is 432 g/mol. The highest BCUT2D eigenvalue weighted by molar-refractivity contribution is 9.10. The fourth-order valence-corrected chi connectivity index (χ4v) is 4.32. The van der Waals surface area contributed by atoms with E-state index in [4.69, 9.17) is 15.2 Å². The van der Waals surface area contributed by atoms with Gasteiger partial charge >= 0.3 is 5.97 Å². The molecule has 1 aromatic carbocycles. The highest BCUT2D eigenvalue weighted by Crippen LogP contribution is 2.47. The Morgan fingerprint density at radius 2 is 2.26 bits per heavy atom. The number of allylic oxidation sites excluding steroid dienone is 2. The van der Waals surface area contributed by atoms with Crippen LogP contribution in [-0.2, 0) is 9.53 Å². The average Bonchev–Trinajstić information content (AvgIpc) is 2.96. The summed E-state index contributed by atoms with van der Waals surface area (Å²) in [7, 11) is 1.56. The summed E-state index contributed by atoms with van der Waals surface area (Å²) in [5.41, 5.74) is 7.83. The number of amidine groups is 1. The zero-order valence-corrected chi connectivity index (χ0v) is 17.3. The zero-order valence-electron chi connectivity index (χ0n) is 14.9. The molecule has 0 saturated carbocycles. The Bertz CT molecular complexity index is 948. The molecule has 0 spiro atoms. The molecular formula is C18H17BrN4O3S. The molecule has 0 amide bonds. The van der Waals surface area contributed by atoms with E-state index in [0.717, 1.165) is 4.47 Å². The van der Waals surface area contributed by atoms with Gasteiger partial charge in [-0.2, -0.15) is 5.26 Å². The van der Waals surface area contributed by atoms with Gasteiger partial charge in [0.05, 0.1) is 25.0 Å². The molecule has 2 aliphatic heterocycles. The maximum atomic E-state index is 12.8. The first-order valence-corrected chi connectivity index (χ1v) is 9.70. The number of fused-ring (bicyclic) bond motifs is 1. The average molecular weight is 449 g/mol. The van der Waals surface area contributed by atoms with Crippen molar-refractivity contribution in [1.82, 2.24) is 4.90 Å². The molecule has 2 aliphatic rings. The minimum absolute atomic E-state index is 0.234. The summed E-state index contributed by atoms with van der Waals surface area (Å²) in [6, 6.07) is 6.98. The van der Waals surface area contributed by atoms with Crippen molar-refractivity contribution in [3.8, 4) is 11.8 Å². The monoisotopic (exact) mass is 448 g/mol. The van der Waals surface area contributed by atoms with Gasteiger partial charge in [0.15, 0.2) is 5.17 Å². The minimum atomic E-state index is -0.623. The lowest BCUT2D eigenvalue weighted by Crippen LogP contribution is -2.39. The molecule has 2 N–H and O–H groups in total. The molecule has 0 aromatic heterocycles. The fraction of sp³-hybridized carbons (Fsp3) is 0.278. The highest BCUT2D eigenvalue weighted by atomic mass is 79.9. The van der Waals surface area contributed by atoms with Crippen LogP contribution in [0.2, 0.25) is 0 Å². The summed E-state index contributed by atoms with van der Waals surface area (Å²) in [6.07, 6.45) is 0. The summed E-state index contributed by atoms with van der Waals surface area (Å²) in [5, 5.41) is 9.93. The van der Waals surface area contributed by atoms with Crippen LogP contribution in [0, 0.1) is 11.3 Å². The van der Waals surface area contributed by atoms with E-state index in [1.165, 1.54) is 11.8 Å². The number of aliphatic imine (C=N–C) groups is 1. The Hall–Kier alpha value is -2.44. The second-order valence-corrected chi connectivity index (χ2v) is 7.59. The zero-order chi connectivity index (χ0) is 19.7. The van der Waals surface area contributed by atoms with Crippen LogP contribution in [0.4, 0.5) is 0 Å². The van der Waals surface area contributed by atoms with Gasteiger partial charge in [0.2, 0.25) is 0 Å². The maximum absolute atomic E-state index is 12.8. The fourth-order valence-electron chi connectivity index (χ4n) is 3.02. The van der Waals surface area contributed by atoms with Gasteiger partial charge in [0, 0.05) is 10.0 Å². The van der Waals surface area contributed by atoms with E-state index >= 15 is 0 Å². The van der Waals surface area contributed by atoms with Crippen molar-refractivity contribution in [2.45, 2.75) is 19.9 Å². The van der Waals surface area contributed by atoms with Gasteiger partial charge in [-0.05, 0) is 43.8 Å². The number of benzene rings is 1. The third-order valence-electron chi connectivity index (χ3n) is 4.16. The number of thioether (sulfide) groups is 1. The number of esters is 1. The summed E-state index contributed by atoms with van der Waals surface area (Å²) < 4.78 is 11.6. The topological polar surface area (TPSA) is 101 Å². The Kier molecular flexibility index (Phi) is 5.48. The first-order valence-electron chi connectivity index (χ1n) is 8.09. The molecule has 0 fully saturated rings. The number of nitriles is 1. The molecule has 0 aliphatic carbocycles. The lowest BCUT2D eigenvalue weighted by atomic mass is 9.93. The number of ether oxygens (including phenoxy) is 2. The largest absolute Gasteiger partial charge is 0.496 e. The Morgan fingerprint density at radius 3 is 2.89 bits per heavy atom. The van der Waals surface area contributed by atoms with Gasteiger partial charge in [-0.1, -0.05) is 15.9 Å². The van der Waals surface area contributed by atoms with E-state index in [1.807, 2.05) is 12.1 Å². The minimum Gasteiger partial charge on any atom is -0.496 e. The summed E-state index contributed by atoms with van der Waals surface area (Å²) in [5.74, 6) is 0.359. The molecule has 140 valence electrons. The number of hydrogen-bond acceptors (Lipinski definition) is 8. The lowest BCUT2D eigenvalue weighted by molar-refractivity contribution is -0.139. The van der Waals surface area contributed by atoms with Crippen LogP contribution < -0.4 is 10.5 Å². The molecule has 27 heavy (non-hydrogen) atoms. The molecule has 0 saturated heterocycles. The normalized spacial score (nSPS) is 18.9. The molecule has 3 rings (SSSR count). The van der Waals surface area contributed by atoms with Gasteiger partial charge < -0.3 is 15.2 Å². The van der Waals surface area contributed by atoms with E-state index in [9.17, 15) is 10.1 Å². The number of hydrogen-bond donors (Lipinski definition) is 1. The van der Waals surface area contributed by atoms with Crippen LogP contribution in [0.3, 0.4) is 0 Å². The molecule has 9 heteroatoms. The summed E-state index contributed by atoms with van der Waals surface area (Å²) in [6.45, 7) is 3.72. The van der Waals surface area contributed by atoms with Crippen LogP contribution in [0.5, 0.6) is 5.75 Å². The third kappa shape index (κ3) is 3.31. The second-order valence-electron chi connectivity index (χ2n) is 5.70. The predicted molar refractivity (Wildman–Crippen MR) is 106 cm³/mol. The summed E-state index contributed by atoms with van der Waals surface area (Å²) in [4.78, 5) is 19.3. The van der Waals surface area contributed by atoms with Crippen molar-refractivity contribution in [2.24, 2.45) is 10.7 Å². The number of nitrogens with zero attached hydrogens (tertiary/aromatic N) is 3. The van der Waals surface area contributed by atoms with Crippen LogP contribution in [0.1, 0.15) is 25.5 Å². The van der Waals surface area contributed by atoms with Crippen molar-refractivity contribution in [3.05, 3.63) is 50.2 Å². The number of carbonyl (C=O) groups is 1. The quantitative estimate of drug-likeness (QED) is 0.703. The van der Waals surface area contributed by atoms with Gasteiger partial charge in [-0.15, -0.1) is 0 Å². The molecule has 0 radical (unpaired) electrons. The Balaban J connectivity index is 2.26. The van der Waals surface area contributed by atoms with E-state index in [2.05, 4.69) is 27.0 Å². The van der Waals surface area contributed by atoms with Gasteiger partial charge in [-0.25, -0.2) is 9.79 Å². The second kappa shape index (κ2) is 7.66. The molecule has 0 unspecified atom stereocenters. The molecule has 2 heterocycles. The van der Waals surface area contributed by atoms with Crippen molar-refractivity contribution in [2.75, 3.05) is 13.7 Å². The van der Waals surface area contributed by atoms with Crippen LogP contribution in [0.25, 0.3) is 0 Å². The smallest absolute Gasteiger partial charge is 0.338 e. The number of nitrogens with two attached hydrogens (primary N) is 1. The predicted octanol–water partition coefficient (Wildman–Crippen LogP) is 3.41. The van der Waals surface area contributed by atoms with Crippen molar-refractivity contribution in [1.29, 1.82) is 5.26 Å². The van der Waals surface area contributed by atoms with Gasteiger partial charge in [0.1, 0.15) is 28.6 Å². The van der Waals surface area contributed by atoms with Crippen molar-refractivity contribution < 1.29 is 14.3 Å². The molecule has 1 aromatic rings. The van der Waals surface area contributed by atoms with Crippen molar-refractivity contribution in [3.63, 3.8) is 0 Å². The first kappa shape index (κ1) is 19.3. The van der Waals surface area contributed by atoms with E-state index in [0.29, 0.717) is 32.7 Å². The lowest BCUT2D eigenvalue weighted by Gasteiger charge is -2.35. The van der Waals surface area contributed by atoms with Crippen LogP contribution >= 0.6 is 27.7 Å². The molecule has 7 nitrogen and oxygen atoms in total. The Labute approximate surface area is 169 Å². The van der Waals surface area contributed by atoms with E-state index < -0.39 is 12.0 Å². The van der Waals surface area contributed by atoms with E-state index in [-0.39, 0.29) is 12.4 Å². The number of carbonyl (C=O) groups excluding carboxylic acids is 1. The highest BCUT2D eigenvalue weighted by Gasteiger charge is 2.43. The number of rotatable bonds is 4. The first-order chi connectivity index (χ1) is 12.9. The molecule has 1 atom stereocenters. The number of halogens is 1. The number of methoxy groups -OCH3 is 1. The van der Waals surface area contributed by atoms with Crippen LogP contribution in [-0.4, -0.2) is 29.8 Å². The SMILES string of the molecule is CCOC(=O)C1=C(C)N=C2SC(C#N)=C(N)N2[C@@H]1c1cc(Br)ccc1OC. The van der Waals surface area contributed by atoms with Crippen LogP contribution in [0.15, 0.2) is 49.7 Å². The molecule has 0 bridgehead atoms. The van der Waals surface area contributed by atoms with E-state index in [1.54, 1.807) is 31.9 Å². The van der Waals surface area contributed by atoms with Gasteiger partial charge in [0.25, 0.3) is 0 Å². The standard InChI is InChI=1S/C18H17BrN4O3S/c1-4-26-17(24)14-9(2)22-18-23(16(21)13(8-20)27-18)15(14)11-7-10(19)5-6-12(11)25-3/h5-7,15H,4,21H2,1-3H3/t15-/m1/s1.